The maximum absolute atomic E-state index is 11.1. The molecule has 0 bridgehead atoms. The van der Waals surface area contributed by atoms with E-state index in [9.17, 15) is 4.79 Å². The number of benzene rings is 1. The third-order valence-electron chi connectivity index (χ3n) is 2.23. The van der Waals surface area contributed by atoms with Crippen molar-refractivity contribution in [2.75, 3.05) is 7.11 Å². The van der Waals surface area contributed by atoms with Crippen molar-refractivity contribution in [2.24, 2.45) is 0 Å². The number of carbonyl (C=O) groups excluding carboxylic acids is 1. The van der Waals surface area contributed by atoms with Gasteiger partial charge in [-0.25, -0.2) is 4.68 Å². The molecule has 0 saturated heterocycles. The fourth-order valence-electron chi connectivity index (χ4n) is 1.35. The molecule has 18 heavy (non-hydrogen) atoms. The van der Waals surface area contributed by atoms with Gasteiger partial charge in [-0.05, 0) is 12.1 Å². The molecular weight excluding hydrogens is 250 g/mol. The minimum absolute atomic E-state index is 0.0967. The van der Waals surface area contributed by atoms with Crippen molar-refractivity contribution in [3.8, 4) is 0 Å². The molecule has 2 aromatic rings. The molecule has 1 aromatic carbocycles. The Labute approximate surface area is 109 Å². The van der Waals surface area contributed by atoms with Crippen molar-refractivity contribution in [3.05, 3.63) is 42.2 Å². The molecule has 0 spiro atoms. The van der Waals surface area contributed by atoms with E-state index in [-0.39, 0.29) is 12.5 Å². The van der Waals surface area contributed by atoms with Crippen LogP contribution in [0.15, 0.2) is 41.4 Å². The fourth-order valence-corrected chi connectivity index (χ4v) is 2.15. The Balaban J connectivity index is 1.89. The number of hydrogen-bond acceptors (Lipinski definition) is 5. The Morgan fingerprint density at radius 2 is 2.17 bits per heavy atom. The second-order valence-corrected chi connectivity index (χ2v) is 4.63. The van der Waals surface area contributed by atoms with E-state index < -0.39 is 0 Å². The third-order valence-corrected chi connectivity index (χ3v) is 3.28. The van der Waals surface area contributed by atoms with E-state index in [0.717, 1.165) is 11.4 Å². The molecule has 5 nitrogen and oxygen atoms in total. The Bertz CT molecular complexity index is 513. The van der Waals surface area contributed by atoms with Crippen molar-refractivity contribution >= 4 is 17.7 Å². The summed E-state index contributed by atoms with van der Waals surface area (Å²) >= 11 is 1.68. The SMILES string of the molecule is COC(=O)Cn1cc(CSc2ccccc2)nn1. The molecular formula is C12H13N3O2S. The van der Waals surface area contributed by atoms with Crippen LogP contribution in [0.5, 0.6) is 0 Å². The zero-order chi connectivity index (χ0) is 12.8. The molecule has 0 fully saturated rings. The smallest absolute Gasteiger partial charge is 0.327 e. The van der Waals surface area contributed by atoms with E-state index in [2.05, 4.69) is 15.0 Å². The lowest BCUT2D eigenvalue weighted by atomic mass is 10.4. The van der Waals surface area contributed by atoms with E-state index in [0.29, 0.717) is 0 Å². The molecule has 2 rings (SSSR count). The first kappa shape index (κ1) is 12.6. The molecule has 1 heterocycles. The summed E-state index contributed by atoms with van der Waals surface area (Å²) in [5.74, 6) is 0.396. The number of ether oxygens (including phenoxy) is 1. The van der Waals surface area contributed by atoms with Gasteiger partial charge in [0.15, 0.2) is 0 Å². The number of rotatable bonds is 5. The molecule has 0 atom stereocenters. The molecule has 0 aliphatic heterocycles. The highest BCUT2D eigenvalue weighted by Gasteiger charge is 2.06. The summed E-state index contributed by atoms with van der Waals surface area (Å²) < 4.78 is 6.04. The lowest BCUT2D eigenvalue weighted by Gasteiger charge is -1.98. The number of nitrogens with zero attached hydrogens (tertiary/aromatic N) is 3. The first-order chi connectivity index (χ1) is 8.78. The summed E-state index contributed by atoms with van der Waals surface area (Å²) in [6, 6.07) is 10.1. The standard InChI is InChI=1S/C12H13N3O2S/c1-17-12(16)8-15-7-10(13-14-15)9-18-11-5-3-2-4-6-11/h2-7H,8-9H2,1H3. The number of thioether (sulfide) groups is 1. The predicted octanol–water partition coefficient (Wildman–Crippen LogP) is 1.74. The first-order valence-corrected chi connectivity index (χ1v) is 6.40. The second-order valence-electron chi connectivity index (χ2n) is 3.59. The summed E-state index contributed by atoms with van der Waals surface area (Å²) in [4.78, 5) is 12.2. The normalized spacial score (nSPS) is 10.3. The number of hydrogen-bond donors (Lipinski definition) is 0. The monoisotopic (exact) mass is 263 g/mol. The first-order valence-electron chi connectivity index (χ1n) is 5.41. The van der Waals surface area contributed by atoms with Gasteiger partial charge in [-0.15, -0.1) is 16.9 Å². The van der Waals surface area contributed by atoms with Crippen LogP contribution in [0, 0.1) is 0 Å². The number of carbonyl (C=O) groups is 1. The molecule has 1 aromatic heterocycles. The Morgan fingerprint density at radius 1 is 1.39 bits per heavy atom. The van der Waals surface area contributed by atoms with E-state index >= 15 is 0 Å². The van der Waals surface area contributed by atoms with Crippen LogP contribution in [0.2, 0.25) is 0 Å². The topological polar surface area (TPSA) is 57.0 Å². The van der Waals surface area contributed by atoms with Gasteiger partial charge in [-0.2, -0.15) is 0 Å². The van der Waals surface area contributed by atoms with E-state index in [1.54, 1.807) is 18.0 Å². The van der Waals surface area contributed by atoms with E-state index in [1.807, 2.05) is 30.3 Å². The van der Waals surface area contributed by atoms with Crippen LogP contribution in [-0.2, 0) is 21.8 Å². The highest BCUT2D eigenvalue weighted by molar-refractivity contribution is 7.98. The van der Waals surface area contributed by atoms with Crippen LogP contribution < -0.4 is 0 Å². The quantitative estimate of drug-likeness (QED) is 0.607. The Morgan fingerprint density at radius 3 is 2.89 bits per heavy atom. The van der Waals surface area contributed by atoms with Crippen LogP contribution in [0.4, 0.5) is 0 Å². The largest absolute Gasteiger partial charge is 0.468 e. The van der Waals surface area contributed by atoms with Crippen LogP contribution in [0.25, 0.3) is 0 Å². The lowest BCUT2D eigenvalue weighted by molar-refractivity contribution is -0.141. The van der Waals surface area contributed by atoms with Gasteiger partial charge >= 0.3 is 5.97 Å². The van der Waals surface area contributed by atoms with Gasteiger partial charge < -0.3 is 4.74 Å². The number of esters is 1. The maximum Gasteiger partial charge on any atom is 0.327 e. The molecule has 0 amide bonds. The van der Waals surface area contributed by atoms with Crippen LogP contribution in [0.1, 0.15) is 5.69 Å². The summed E-state index contributed by atoms with van der Waals surface area (Å²) in [5, 5.41) is 7.87. The van der Waals surface area contributed by atoms with Crippen molar-refractivity contribution in [2.45, 2.75) is 17.2 Å². The third kappa shape index (κ3) is 3.59. The Kier molecular flexibility index (Phi) is 4.35. The summed E-state index contributed by atoms with van der Waals surface area (Å²) in [6.07, 6.45) is 1.76. The highest BCUT2D eigenvalue weighted by atomic mass is 32.2. The lowest BCUT2D eigenvalue weighted by Crippen LogP contribution is -2.11. The zero-order valence-corrected chi connectivity index (χ0v) is 10.8. The minimum atomic E-state index is -0.331. The fraction of sp³-hybridized carbons (Fsp3) is 0.250. The van der Waals surface area contributed by atoms with Gasteiger partial charge in [-0.1, -0.05) is 23.4 Å². The van der Waals surface area contributed by atoms with Crippen molar-refractivity contribution < 1.29 is 9.53 Å². The van der Waals surface area contributed by atoms with Crippen molar-refractivity contribution in [1.82, 2.24) is 15.0 Å². The molecule has 0 unspecified atom stereocenters. The Hall–Kier alpha value is -1.82. The van der Waals surface area contributed by atoms with Gasteiger partial charge in [0.1, 0.15) is 6.54 Å². The molecule has 0 radical (unpaired) electrons. The minimum Gasteiger partial charge on any atom is -0.468 e. The maximum atomic E-state index is 11.1. The molecule has 94 valence electrons. The average molecular weight is 263 g/mol. The average Bonchev–Trinajstić information content (AvgIpc) is 2.85. The number of methoxy groups -OCH3 is 1. The summed E-state index contributed by atoms with van der Waals surface area (Å²) in [6.45, 7) is 0.0967. The second kappa shape index (κ2) is 6.20. The zero-order valence-electron chi connectivity index (χ0n) is 9.94. The van der Waals surface area contributed by atoms with Crippen LogP contribution in [0.3, 0.4) is 0 Å². The predicted molar refractivity (Wildman–Crippen MR) is 68.0 cm³/mol. The molecule has 0 N–H and O–H groups in total. The van der Waals surface area contributed by atoms with E-state index in [1.165, 1.54) is 16.7 Å². The van der Waals surface area contributed by atoms with Crippen molar-refractivity contribution in [3.63, 3.8) is 0 Å². The van der Waals surface area contributed by atoms with Gasteiger partial charge in [0.2, 0.25) is 0 Å². The van der Waals surface area contributed by atoms with Gasteiger partial charge in [0.25, 0.3) is 0 Å². The van der Waals surface area contributed by atoms with Gasteiger partial charge in [-0.3, -0.25) is 4.79 Å². The molecule has 0 saturated carbocycles. The van der Waals surface area contributed by atoms with Crippen LogP contribution >= 0.6 is 11.8 Å². The molecule has 0 aliphatic rings. The van der Waals surface area contributed by atoms with Crippen LogP contribution in [-0.4, -0.2) is 28.1 Å². The highest BCUT2D eigenvalue weighted by Crippen LogP contribution is 2.20. The van der Waals surface area contributed by atoms with E-state index in [4.69, 9.17) is 0 Å². The van der Waals surface area contributed by atoms with Gasteiger partial charge in [0.05, 0.1) is 12.8 Å². The molecule has 0 aliphatic carbocycles. The summed E-state index contributed by atoms with van der Waals surface area (Å²) in [5.41, 5.74) is 0.841. The number of aromatic nitrogens is 3. The van der Waals surface area contributed by atoms with Gasteiger partial charge in [0, 0.05) is 16.8 Å². The molecule has 6 heteroatoms. The van der Waals surface area contributed by atoms with Crippen molar-refractivity contribution in [1.29, 1.82) is 0 Å². The summed E-state index contributed by atoms with van der Waals surface area (Å²) in [7, 11) is 1.35.